The van der Waals surface area contributed by atoms with E-state index < -0.39 is 0 Å². The predicted molar refractivity (Wildman–Crippen MR) is 78.5 cm³/mol. The lowest BCUT2D eigenvalue weighted by Gasteiger charge is -2.11. The van der Waals surface area contributed by atoms with Crippen LogP contribution in [0.15, 0.2) is 36.8 Å². The van der Waals surface area contributed by atoms with Gasteiger partial charge in [0.05, 0.1) is 23.5 Å². The summed E-state index contributed by atoms with van der Waals surface area (Å²) in [6.45, 7) is 5.12. The lowest BCUT2D eigenvalue weighted by atomic mass is 10.2. The Bertz CT molecular complexity index is 598. The Morgan fingerprint density at radius 3 is 2.90 bits per heavy atom. The van der Waals surface area contributed by atoms with E-state index in [1.54, 1.807) is 24.7 Å². The van der Waals surface area contributed by atoms with Crippen LogP contribution in [-0.4, -0.2) is 22.4 Å². The first kappa shape index (κ1) is 14.0. The van der Waals surface area contributed by atoms with Gasteiger partial charge in [-0.1, -0.05) is 6.07 Å². The molecule has 2 aromatic heterocycles. The highest BCUT2D eigenvalue weighted by atomic mass is 16.1. The number of rotatable bonds is 5. The molecular formula is C15H18N4O. The molecule has 0 aromatic carbocycles. The Morgan fingerprint density at radius 1 is 1.30 bits per heavy atom. The van der Waals surface area contributed by atoms with E-state index in [0.717, 1.165) is 23.5 Å². The summed E-state index contributed by atoms with van der Waals surface area (Å²) in [5.74, 6) is -0.154. The summed E-state index contributed by atoms with van der Waals surface area (Å²) in [5, 5.41) is 6.02. The van der Waals surface area contributed by atoms with Crippen LogP contribution in [0.3, 0.4) is 0 Å². The number of hydrogen-bond donors (Lipinski definition) is 2. The maximum absolute atomic E-state index is 12.2. The molecule has 0 radical (unpaired) electrons. The Labute approximate surface area is 118 Å². The van der Waals surface area contributed by atoms with Crippen molar-refractivity contribution in [2.24, 2.45) is 0 Å². The molecule has 0 unspecified atom stereocenters. The van der Waals surface area contributed by atoms with Crippen LogP contribution in [0, 0.1) is 6.92 Å². The van der Waals surface area contributed by atoms with Gasteiger partial charge in [-0.2, -0.15) is 0 Å². The summed E-state index contributed by atoms with van der Waals surface area (Å²) in [5.41, 5.74) is 3.27. The highest BCUT2D eigenvalue weighted by Gasteiger charge is 2.11. The third kappa shape index (κ3) is 3.32. The van der Waals surface area contributed by atoms with Crippen molar-refractivity contribution >= 4 is 11.6 Å². The molecule has 5 nitrogen and oxygen atoms in total. The van der Waals surface area contributed by atoms with Crippen LogP contribution >= 0.6 is 0 Å². The minimum absolute atomic E-state index is 0.154. The highest BCUT2D eigenvalue weighted by Crippen LogP contribution is 2.13. The Balaban J connectivity index is 2.07. The fourth-order valence-corrected chi connectivity index (χ4v) is 1.88. The predicted octanol–water partition coefficient (Wildman–Crippen LogP) is 2.15. The fraction of sp³-hybridized carbons (Fsp3) is 0.267. The van der Waals surface area contributed by atoms with E-state index in [4.69, 9.17) is 0 Å². The van der Waals surface area contributed by atoms with Gasteiger partial charge >= 0.3 is 0 Å². The zero-order valence-electron chi connectivity index (χ0n) is 11.7. The third-order valence-electron chi connectivity index (χ3n) is 2.97. The zero-order valence-corrected chi connectivity index (χ0v) is 11.7. The van der Waals surface area contributed by atoms with Gasteiger partial charge in [0, 0.05) is 25.1 Å². The molecular weight excluding hydrogens is 252 g/mol. The molecule has 0 fully saturated rings. The largest absolute Gasteiger partial charge is 0.385 e. The summed E-state index contributed by atoms with van der Waals surface area (Å²) in [7, 11) is 0. The van der Waals surface area contributed by atoms with Crippen LogP contribution in [0.25, 0.3) is 0 Å². The van der Waals surface area contributed by atoms with E-state index in [-0.39, 0.29) is 5.91 Å². The summed E-state index contributed by atoms with van der Waals surface area (Å²) < 4.78 is 0. The maximum Gasteiger partial charge on any atom is 0.255 e. The van der Waals surface area contributed by atoms with E-state index in [2.05, 4.69) is 20.6 Å². The molecule has 0 saturated carbocycles. The molecule has 1 amide bonds. The molecule has 0 atom stereocenters. The minimum atomic E-state index is -0.154. The number of nitrogens with zero attached hydrogens (tertiary/aromatic N) is 2. The van der Waals surface area contributed by atoms with E-state index in [1.807, 2.05) is 26.0 Å². The highest BCUT2D eigenvalue weighted by molar-refractivity contribution is 5.99. The van der Waals surface area contributed by atoms with Gasteiger partial charge in [0.2, 0.25) is 0 Å². The standard InChI is InChI=1S/C15H18N4O/c1-3-17-13-6-8-16-9-12(13)15(20)19-10-14-11(2)5-4-7-18-14/h4-9H,3,10H2,1-2H3,(H,16,17)(H,19,20). The SMILES string of the molecule is CCNc1ccncc1C(=O)NCc1ncccc1C. The van der Waals surface area contributed by atoms with Crippen LogP contribution in [0.5, 0.6) is 0 Å². The lowest BCUT2D eigenvalue weighted by Crippen LogP contribution is -2.25. The number of anilines is 1. The Morgan fingerprint density at radius 2 is 2.15 bits per heavy atom. The second-order valence-electron chi connectivity index (χ2n) is 4.40. The van der Waals surface area contributed by atoms with Gasteiger partial charge < -0.3 is 10.6 Å². The van der Waals surface area contributed by atoms with Gasteiger partial charge in [-0.05, 0) is 31.5 Å². The van der Waals surface area contributed by atoms with E-state index in [0.29, 0.717) is 12.1 Å². The molecule has 0 spiro atoms. The van der Waals surface area contributed by atoms with Gasteiger partial charge in [0.15, 0.2) is 0 Å². The van der Waals surface area contributed by atoms with E-state index >= 15 is 0 Å². The summed E-state index contributed by atoms with van der Waals surface area (Å²) in [4.78, 5) is 20.5. The number of amides is 1. The normalized spacial score (nSPS) is 10.1. The molecule has 20 heavy (non-hydrogen) atoms. The molecule has 5 heteroatoms. The Hall–Kier alpha value is -2.43. The first-order valence-corrected chi connectivity index (χ1v) is 6.59. The number of aryl methyl sites for hydroxylation is 1. The lowest BCUT2D eigenvalue weighted by molar-refractivity contribution is 0.0951. The fourth-order valence-electron chi connectivity index (χ4n) is 1.88. The monoisotopic (exact) mass is 270 g/mol. The number of carbonyl (C=O) groups excluding carboxylic acids is 1. The molecule has 0 aliphatic rings. The van der Waals surface area contributed by atoms with Gasteiger partial charge in [0.25, 0.3) is 5.91 Å². The zero-order chi connectivity index (χ0) is 14.4. The van der Waals surface area contributed by atoms with Crippen LogP contribution in [0.1, 0.15) is 28.5 Å². The van der Waals surface area contributed by atoms with Gasteiger partial charge in [-0.25, -0.2) is 0 Å². The quantitative estimate of drug-likeness (QED) is 0.873. The number of nitrogens with one attached hydrogen (secondary N) is 2. The van der Waals surface area contributed by atoms with Gasteiger partial charge in [-0.15, -0.1) is 0 Å². The van der Waals surface area contributed by atoms with E-state index in [9.17, 15) is 4.79 Å². The molecule has 104 valence electrons. The minimum Gasteiger partial charge on any atom is -0.385 e. The number of hydrogen-bond acceptors (Lipinski definition) is 4. The maximum atomic E-state index is 12.2. The van der Waals surface area contributed by atoms with Crippen molar-refractivity contribution in [1.82, 2.24) is 15.3 Å². The second kappa shape index (κ2) is 6.65. The molecule has 2 rings (SSSR count). The van der Waals surface area contributed by atoms with Crippen molar-refractivity contribution in [2.45, 2.75) is 20.4 Å². The van der Waals surface area contributed by atoms with Crippen molar-refractivity contribution in [3.8, 4) is 0 Å². The molecule has 0 aliphatic heterocycles. The third-order valence-corrected chi connectivity index (χ3v) is 2.97. The summed E-state index contributed by atoms with van der Waals surface area (Å²) in [6, 6.07) is 5.65. The number of carbonyl (C=O) groups is 1. The van der Waals surface area contributed by atoms with Crippen molar-refractivity contribution in [1.29, 1.82) is 0 Å². The van der Waals surface area contributed by atoms with Crippen LogP contribution in [-0.2, 0) is 6.54 Å². The smallest absolute Gasteiger partial charge is 0.255 e. The van der Waals surface area contributed by atoms with Crippen LogP contribution < -0.4 is 10.6 Å². The van der Waals surface area contributed by atoms with Crippen LogP contribution in [0.2, 0.25) is 0 Å². The topological polar surface area (TPSA) is 66.9 Å². The van der Waals surface area contributed by atoms with Crippen molar-refractivity contribution in [3.63, 3.8) is 0 Å². The number of aromatic nitrogens is 2. The molecule has 2 N–H and O–H groups in total. The molecule has 2 aromatic rings. The second-order valence-corrected chi connectivity index (χ2v) is 4.40. The molecule has 2 heterocycles. The average molecular weight is 270 g/mol. The van der Waals surface area contributed by atoms with Crippen molar-refractivity contribution in [3.05, 3.63) is 53.6 Å². The van der Waals surface area contributed by atoms with Gasteiger partial charge in [-0.3, -0.25) is 14.8 Å². The number of pyridine rings is 2. The first-order valence-electron chi connectivity index (χ1n) is 6.59. The van der Waals surface area contributed by atoms with Crippen molar-refractivity contribution < 1.29 is 4.79 Å². The van der Waals surface area contributed by atoms with Gasteiger partial charge in [0.1, 0.15) is 0 Å². The molecule has 0 saturated heterocycles. The first-order chi connectivity index (χ1) is 9.72. The average Bonchev–Trinajstić information content (AvgIpc) is 2.47. The van der Waals surface area contributed by atoms with Crippen molar-refractivity contribution in [2.75, 3.05) is 11.9 Å². The van der Waals surface area contributed by atoms with Crippen LogP contribution in [0.4, 0.5) is 5.69 Å². The van der Waals surface area contributed by atoms with E-state index in [1.165, 1.54) is 0 Å². The molecule has 0 aliphatic carbocycles. The summed E-state index contributed by atoms with van der Waals surface area (Å²) >= 11 is 0. The Kier molecular flexibility index (Phi) is 4.65. The summed E-state index contributed by atoms with van der Waals surface area (Å²) in [6.07, 6.45) is 4.96. The molecule has 0 bridgehead atoms.